The molecule has 158 valence electrons. The van der Waals surface area contributed by atoms with Gasteiger partial charge in [0.1, 0.15) is 6.04 Å². The smallest absolute Gasteiger partial charge is 0.251 e. The Balaban J connectivity index is 1.57. The summed E-state index contributed by atoms with van der Waals surface area (Å²) < 4.78 is 0. The first-order valence-electron chi connectivity index (χ1n) is 10.1. The molecule has 1 saturated heterocycles. The zero-order valence-corrected chi connectivity index (χ0v) is 17.9. The van der Waals surface area contributed by atoms with E-state index in [1.807, 2.05) is 38.1 Å². The molecule has 2 aromatic carbocycles. The Labute approximate surface area is 181 Å². The van der Waals surface area contributed by atoms with Gasteiger partial charge in [0.15, 0.2) is 0 Å². The number of rotatable bonds is 7. The summed E-state index contributed by atoms with van der Waals surface area (Å²) in [6.07, 6.45) is 1.48. The van der Waals surface area contributed by atoms with Crippen LogP contribution >= 0.6 is 11.6 Å². The van der Waals surface area contributed by atoms with Crippen molar-refractivity contribution in [1.29, 1.82) is 0 Å². The minimum atomic E-state index is -0.658. The van der Waals surface area contributed by atoms with Crippen LogP contribution < -0.4 is 15.5 Å². The predicted molar refractivity (Wildman–Crippen MR) is 117 cm³/mol. The summed E-state index contributed by atoms with van der Waals surface area (Å²) in [4.78, 5) is 38.8. The van der Waals surface area contributed by atoms with E-state index in [4.69, 9.17) is 11.6 Å². The number of anilines is 1. The third-order valence-corrected chi connectivity index (χ3v) is 5.38. The molecule has 1 aliphatic rings. The molecule has 6 nitrogen and oxygen atoms in total. The molecule has 0 aliphatic carbocycles. The minimum Gasteiger partial charge on any atom is -0.350 e. The maximum atomic E-state index is 12.7. The summed E-state index contributed by atoms with van der Waals surface area (Å²) in [6, 6.07) is 13.5. The molecule has 1 fully saturated rings. The Morgan fingerprint density at radius 1 is 1.07 bits per heavy atom. The zero-order valence-electron chi connectivity index (χ0n) is 17.2. The van der Waals surface area contributed by atoms with Gasteiger partial charge in [-0.05, 0) is 54.3 Å². The highest BCUT2D eigenvalue weighted by atomic mass is 35.5. The topological polar surface area (TPSA) is 78.5 Å². The Morgan fingerprint density at radius 3 is 2.30 bits per heavy atom. The molecule has 1 heterocycles. The number of carbonyl (C=O) groups excluding carboxylic acids is 3. The van der Waals surface area contributed by atoms with E-state index in [1.54, 1.807) is 29.2 Å². The molecule has 0 aromatic heterocycles. The summed E-state index contributed by atoms with van der Waals surface area (Å²) in [5.74, 6) is -0.497. The van der Waals surface area contributed by atoms with Crippen molar-refractivity contribution in [2.75, 3.05) is 11.4 Å². The molecule has 2 N–H and O–H groups in total. The molecule has 30 heavy (non-hydrogen) atoms. The number of carbonyl (C=O) groups is 3. The molecule has 0 bridgehead atoms. The molecule has 2 aromatic rings. The number of nitrogens with zero attached hydrogens (tertiary/aromatic N) is 1. The van der Waals surface area contributed by atoms with Crippen LogP contribution in [0.4, 0.5) is 5.69 Å². The van der Waals surface area contributed by atoms with Gasteiger partial charge in [-0.2, -0.15) is 0 Å². The van der Waals surface area contributed by atoms with Gasteiger partial charge in [-0.3, -0.25) is 14.4 Å². The van der Waals surface area contributed by atoms with Crippen molar-refractivity contribution in [3.05, 3.63) is 64.7 Å². The molecule has 0 saturated carbocycles. The van der Waals surface area contributed by atoms with Crippen LogP contribution in [0.1, 0.15) is 42.6 Å². The molecule has 7 heteroatoms. The van der Waals surface area contributed by atoms with Gasteiger partial charge in [-0.15, -0.1) is 0 Å². The number of halogens is 1. The van der Waals surface area contributed by atoms with E-state index in [1.165, 1.54) is 0 Å². The first-order valence-corrected chi connectivity index (χ1v) is 10.5. The average molecular weight is 428 g/mol. The van der Waals surface area contributed by atoms with Gasteiger partial charge in [0.25, 0.3) is 5.91 Å². The van der Waals surface area contributed by atoms with Crippen LogP contribution in [-0.2, 0) is 16.1 Å². The van der Waals surface area contributed by atoms with Crippen LogP contribution in [0.3, 0.4) is 0 Å². The molecule has 3 rings (SSSR count). The summed E-state index contributed by atoms with van der Waals surface area (Å²) in [7, 11) is 0. The first-order chi connectivity index (χ1) is 14.3. The fourth-order valence-corrected chi connectivity index (χ4v) is 3.50. The molecule has 1 aliphatic heterocycles. The van der Waals surface area contributed by atoms with Gasteiger partial charge in [0, 0.05) is 35.8 Å². The fraction of sp³-hybridized carbons (Fsp3) is 0.348. The summed E-state index contributed by atoms with van der Waals surface area (Å²) in [5.41, 5.74) is 2.25. The van der Waals surface area contributed by atoms with Crippen LogP contribution in [0.5, 0.6) is 0 Å². The third-order valence-electron chi connectivity index (χ3n) is 5.13. The Bertz CT molecular complexity index is 910. The standard InChI is InChI=1S/C23H26ClN3O3/c1-15(2)21(26-22(29)17-7-9-18(24)10-8-17)23(30)25-14-16-5-11-19(12-6-16)27-13-3-4-20(27)28/h5-12,15,21H,3-4,13-14H2,1-2H3,(H,25,30)(H,26,29). The lowest BCUT2D eigenvalue weighted by Crippen LogP contribution is -2.49. The molecular formula is C23H26ClN3O3. The van der Waals surface area contributed by atoms with Crippen molar-refractivity contribution < 1.29 is 14.4 Å². The van der Waals surface area contributed by atoms with E-state index in [9.17, 15) is 14.4 Å². The van der Waals surface area contributed by atoms with Crippen molar-refractivity contribution in [2.45, 2.75) is 39.3 Å². The lowest BCUT2D eigenvalue weighted by Gasteiger charge is -2.22. The largest absolute Gasteiger partial charge is 0.350 e. The van der Waals surface area contributed by atoms with Gasteiger partial charge in [0.05, 0.1) is 0 Å². The third kappa shape index (κ3) is 5.39. The Kier molecular flexibility index (Phi) is 7.11. The second-order valence-electron chi connectivity index (χ2n) is 7.74. The van der Waals surface area contributed by atoms with Crippen molar-refractivity contribution in [1.82, 2.24) is 10.6 Å². The van der Waals surface area contributed by atoms with Crippen molar-refractivity contribution >= 4 is 35.0 Å². The highest BCUT2D eigenvalue weighted by Crippen LogP contribution is 2.21. The summed E-state index contributed by atoms with van der Waals surface area (Å²) >= 11 is 5.86. The Morgan fingerprint density at radius 2 is 1.73 bits per heavy atom. The molecule has 3 amide bonds. The van der Waals surface area contributed by atoms with Gasteiger partial charge in [0.2, 0.25) is 11.8 Å². The molecule has 1 unspecified atom stereocenters. The quantitative estimate of drug-likeness (QED) is 0.709. The number of amides is 3. The monoisotopic (exact) mass is 427 g/mol. The fourth-order valence-electron chi connectivity index (χ4n) is 3.37. The summed E-state index contributed by atoms with van der Waals surface area (Å²) in [6.45, 7) is 4.86. The van der Waals surface area contributed by atoms with E-state index in [2.05, 4.69) is 10.6 Å². The van der Waals surface area contributed by atoms with Crippen molar-refractivity contribution in [2.24, 2.45) is 5.92 Å². The summed E-state index contributed by atoms with van der Waals surface area (Å²) in [5, 5.41) is 6.24. The molecule has 0 radical (unpaired) electrons. The lowest BCUT2D eigenvalue weighted by atomic mass is 10.0. The van der Waals surface area contributed by atoms with Crippen LogP contribution in [-0.4, -0.2) is 30.3 Å². The number of hydrogen-bond donors (Lipinski definition) is 2. The van der Waals surface area contributed by atoms with Crippen LogP contribution in [0.2, 0.25) is 5.02 Å². The van der Waals surface area contributed by atoms with Gasteiger partial charge in [-0.1, -0.05) is 37.6 Å². The van der Waals surface area contributed by atoms with Gasteiger partial charge in [-0.25, -0.2) is 0 Å². The second-order valence-corrected chi connectivity index (χ2v) is 8.17. The normalized spacial score (nSPS) is 14.7. The number of nitrogens with one attached hydrogen (secondary N) is 2. The van der Waals surface area contributed by atoms with Crippen LogP contribution in [0, 0.1) is 5.92 Å². The zero-order chi connectivity index (χ0) is 21.7. The van der Waals surface area contributed by atoms with Crippen LogP contribution in [0.25, 0.3) is 0 Å². The highest BCUT2D eigenvalue weighted by Gasteiger charge is 2.25. The minimum absolute atomic E-state index is 0.0789. The predicted octanol–water partition coefficient (Wildman–Crippen LogP) is 3.54. The number of benzene rings is 2. The van der Waals surface area contributed by atoms with E-state index < -0.39 is 6.04 Å². The Hall–Kier alpha value is -2.86. The maximum Gasteiger partial charge on any atom is 0.251 e. The van der Waals surface area contributed by atoms with Crippen molar-refractivity contribution in [3.63, 3.8) is 0 Å². The van der Waals surface area contributed by atoms with E-state index in [-0.39, 0.29) is 23.6 Å². The van der Waals surface area contributed by atoms with Crippen LogP contribution in [0.15, 0.2) is 48.5 Å². The molecule has 0 spiro atoms. The van der Waals surface area contributed by atoms with Crippen molar-refractivity contribution in [3.8, 4) is 0 Å². The van der Waals surface area contributed by atoms with E-state index >= 15 is 0 Å². The van der Waals surface area contributed by atoms with Gasteiger partial charge < -0.3 is 15.5 Å². The molecule has 1 atom stereocenters. The SMILES string of the molecule is CC(C)C(NC(=O)c1ccc(Cl)cc1)C(=O)NCc1ccc(N2CCCC2=O)cc1. The second kappa shape index (κ2) is 9.76. The first kappa shape index (κ1) is 21.8. The van der Waals surface area contributed by atoms with E-state index in [0.29, 0.717) is 23.6 Å². The average Bonchev–Trinajstić information content (AvgIpc) is 3.16. The molecular weight excluding hydrogens is 402 g/mol. The highest BCUT2D eigenvalue weighted by molar-refractivity contribution is 6.30. The maximum absolute atomic E-state index is 12.7. The van der Waals surface area contributed by atoms with Gasteiger partial charge >= 0.3 is 0 Å². The number of hydrogen-bond acceptors (Lipinski definition) is 3. The lowest BCUT2D eigenvalue weighted by molar-refractivity contribution is -0.124. The van der Waals surface area contributed by atoms with E-state index in [0.717, 1.165) is 24.2 Å².